The van der Waals surface area contributed by atoms with Crippen LogP contribution in [0.1, 0.15) is 5.76 Å². The van der Waals surface area contributed by atoms with Gasteiger partial charge in [-0.15, -0.1) is 0 Å². The van der Waals surface area contributed by atoms with Crippen molar-refractivity contribution in [2.24, 2.45) is 0 Å². The van der Waals surface area contributed by atoms with Crippen LogP contribution in [0, 0.1) is 6.92 Å². The minimum absolute atomic E-state index is 0.118. The molecule has 1 aliphatic rings. The van der Waals surface area contributed by atoms with E-state index in [1.807, 2.05) is 0 Å². The van der Waals surface area contributed by atoms with E-state index in [0.29, 0.717) is 25.5 Å². The molecule has 1 saturated heterocycles. The van der Waals surface area contributed by atoms with E-state index in [9.17, 15) is 8.42 Å². The molecule has 0 saturated carbocycles. The lowest BCUT2D eigenvalue weighted by molar-refractivity contribution is 0.528. The first kappa shape index (κ1) is 10.5. The van der Waals surface area contributed by atoms with E-state index in [4.69, 9.17) is 4.42 Å². The zero-order valence-corrected chi connectivity index (χ0v) is 9.38. The minimum Gasteiger partial charge on any atom is -0.445 e. The van der Waals surface area contributed by atoms with E-state index in [-0.39, 0.29) is 5.75 Å². The van der Waals surface area contributed by atoms with Crippen molar-refractivity contribution in [2.45, 2.75) is 6.92 Å². The average molecular weight is 230 g/mol. The van der Waals surface area contributed by atoms with Crippen molar-refractivity contribution in [3.05, 3.63) is 17.9 Å². The Kier molecular flexibility index (Phi) is 2.70. The highest BCUT2D eigenvalue weighted by atomic mass is 32.2. The molecule has 0 aromatic carbocycles. The maximum absolute atomic E-state index is 11.8. The van der Waals surface area contributed by atoms with Crippen LogP contribution in [0.5, 0.6) is 0 Å². The van der Waals surface area contributed by atoms with Crippen molar-refractivity contribution in [3.63, 3.8) is 0 Å². The number of rotatable bonds is 1. The molecule has 0 aliphatic carbocycles. The zero-order chi connectivity index (χ0) is 10.9. The van der Waals surface area contributed by atoms with Crippen molar-refractivity contribution in [3.8, 4) is 0 Å². The number of sulfonamides is 1. The minimum atomic E-state index is -3.22. The van der Waals surface area contributed by atoms with Crippen molar-refractivity contribution in [1.82, 2.24) is 5.32 Å². The molecular formula is C9H14N2O3S. The highest BCUT2D eigenvalue weighted by molar-refractivity contribution is 7.92. The Morgan fingerprint density at radius 1 is 1.40 bits per heavy atom. The summed E-state index contributed by atoms with van der Waals surface area (Å²) in [5.74, 6) is 1.25. The molecule has 1 N–H and O–H groups in total. The van der Waals surface area contributed by atoms with Gasteiger partial charge in [-0.05, 0) is 13.0 Å². The largest absolute Gasteiger partial charge is 0.445 e. The highest BCUT2D eigenvalue weighted by Crippen LogP contribution is 2.21. The molecule has 0 radical (unpaired) electrons. The number of hydrogen-bond acceptors (Lipinski definition) is 4. The summed E-state index contributed by atoms with van der Waals surface area (Å²) in [4.78, 5) is 0. The fourth-order valence-corrected chi connectivity index (χ4v) is 2.92. The second-order valence-corrected chi connectivity index (χ2v) is 5.54. The van der Waals surface area contributed by atoms with Gasteiger partial charge in [-0.2, -0.15) is 0 Å². The van der Waals surface area contributed by atoms with Gasteiger partial charge in [0.1, 0.15) is 5.76 Å². The van der Waals surface area contributed by atoms with Crippen LogP contribution in [-0.4, -0.2) is 33.8 Å². The molecule has 1 fully saturated rings. The van der Waals surface area contributed by atoms with Gasteiger partial charge in [0.05, 0.1) is 5.75 Å². The van der Waals surface area contributed by atoms with E-state index in [2.05, 4.69) is 5.32 Å². The van der Waals surface area contributed by atoms with Gasteiger partial charge in [-0.3, -0.25) is 0 Å². The van der Waals surface area contributed by atoms with Gasteiger partial charge in [-0.25, -0.2) is 12.7 Å². The monoisotopic (exact) mass is 230 g/mol. The maximum atomic E-state index is 11.8. The van der Waals surface area contributed by atoms with E-state index < -0.39 is 10.0 Å². The summed E-state index contributed by atoms with van der Waals surface area (Å²) in [5.41, 5.74) is 0. The summed E-state index contributed by atoms with van der Waals surface area (Å²) in [5, 5.41) is 3.05. The quantitative estimate of drug-likeness (QED) is 0.755. The Morgan fingerprint density at radius 3 is 2.87 bits per heavy atom. The molecule has 1 aliphatic heterocycles. The van der Waals surface area contributed by atoms with Crippen LogP contribution in [0.25, 0.3) is 0 Å². The van der Waals surface area contributed by atoms with Gasteiger partial charge in [0.15, 0.2) is 0 Å². The molecule has 0 bridgehead atoms. The Morgan fingerprint density at radius 2 is 2.20 bits per heavy atom. The average Bonchev–Trinajstić information content (AvgIpc) is 2.49. The molecule has 0 unspecified atom stereocenters. The van der Waals surface area contributed by atoms with E-state index in [1.54, 1.807) is 19.1 Å². The van der Waals surface area contributed by atoms with Crippen LogP contribution >= 0.6 is 0 Å². The number of furan rings is 1. The Labute approximate surface area is 89.1 Å². The second kappa shape index (κ2) is 3.86. The molecule has 2 rings (SSSR count). The number of hydrogen-bond donors (Lipinski definition) is 1. The van der Waals surface area contributed by atoms with Crippen LogP contribution in [0.4, 0.5) is 5.88 Å². The first-order valence-electron chi connectivity index (χ1n) is 4.87. The van der Waals surface area contributed by atoms with Crippen molar-refractivity contribution < 1.29 is 12.8 Å². The number of nitrogens with one attached hydrogen (secondary N) is 1. The Balaban J connectivity index is 2.33. The molecule has 15 heavy (non-hydrogen) atoms. The number of anilines is 1. The molecule has 5 nitrogen and oxygen atoms in total. The smallest absolute Gasteiger partial charge is 0.238 e. The fraction of sp³-hybridized carbons (Fsp3) is 0.556. The topological polar surface area (TPSA) is 62.6 Å². The predicted molar refractivity (Wildman–Crippen MR) is 57.4 cm³/mol. The van der Waals surface area contributed by atoms with E-state index in [1.165, 1.54) is 4.31 Å². The Hall–Kier alpha value is -1.01. The normalized spacial score (nSPS) is 21.3. The molecule has 84 valence electrons. The van der Waals surface area contributed by atoms with Crippen LogP contribution < -0.4 is 9.62 Å². The first-order valence-corrected chi connectivity index (χ1v) is 6.48. The molecule has 2 heterocycles. The van der Waals surface area contributed by atoms with Crippen LogP contribution in [0.3, 0.4) is 0 Å². The summed E-state index contributed by atoms with van der Waals surface area (Å²) in [7, 11) is -3.22. The molecule has 0 amide bonds. The summed E-state index contributed by atoms with van der Waals surface area (Å²) in [6.45, 7) is 3.37. The van der Waals surface area contributed by atoms with Gasteiger partial charge in [-0.1, -0.05) is 0 Å². The van der Waals surface area contributed by atoms with E-state index >= 15 is 0 Å². The van der Waals surface area contributed by atoms with Crippen molar-refractivity contribution >= 4 is 15.9 Å². The summed E-state index contributed by atoms with van der Waals surface area (Å²) in [6.07, 6.45) is 0. The predicted octanol–water partition coefficient (Wildman–Crippen LogP) is 0.327. The fourth-order valence-electron chi connectivity index (χ4n) is 1.56. The Bertz CT molecular complexity index is 438. The highest BCUT2D eigenvalue weighted by Gasteiger charge is 2.26. The third kappa shape index (κ3) is 2.15. The van der Waals surface area contributed by atoms with Gasteiger partial charge in [0.2, 0.25) is 15.9 Å². The van der Waals surface area contributed by atoms with Crippen LogP contribution in [0.15, 0.2) is 16.5 Å². The van der Waals surface area contributed by atoms with Crippen LogP contribution in [0.2, 0.25) is 0 Å². The molecule has 0 atom stereocenters. The lowest BCUT2D eigenvalue weighted by Gasteiger charge is -2.18. The van der Waals surface area contributed by atoms with Gasteiger partial charge < -0.3 is 9.73 Å². The number of nitrogens with zero attached hydrogens (tertiary/aromatic N) is 1. The molecule has 6 heteroatoms. The van der Waals surface area contributed by atoms with Crippen molar-refractivity contribution in [1.29, 1.82) is 0 Å². The summed E-state index contributed by atoms with van der Waals surface area (Å²) < 4.78 is 30.3. The standard InChI is InChI=1S/C9H14N2O3S/c1-8-2-3-9(14-8)11-6-4-10-5-7-15(11,12)13/h2-3,10H,4-7H2,1H3. The number of aryl methyl sites for hydroxylation is 1. The molecular weight excluding hydrogens is 216 g/mol. The molecule has 1 aromatic heterocycles. The lowest BCUT2D eigenvalue weighted by Crippen LogP contribution is -2.33. The molecule has 0 spiro atoms. The van der Waals surface area contributed by atoms with Gasteiger partial charge in [0.25, 0.3) is 0 Å². The van der Waals surface area contributed by atoms with E-state index in [0.717, 1.165) is 5.76 Å². The first-order chi connectivity index (χ1) is 7.09. The van der Waals surface area contributed by atoms with Gasteiger partial charge in [0, 0.05) is 25.7 Å². The zero-order valence-electron chi connectivity index (χ0n) is 8.56. The molecule has 1 aromatic rings. The third-order valence-electron chi connectivity index (χ3n) is 2.34. The summed E-state index contributed by atoms with van der Waals surface area (Å²) in [6, 6.07) is 3.46. The second-order valence-electron chi connectivity index (χ2n) is 3.52. The van der Waals surface area contributed by atoms with Crippen LogP contribution in [-0.2, 0) is 10.0 Å². The third-order valence-corrected chi connectivity index (χ3v) is 4.09. The van der Waals surface area contributed by atoms with Crippen molar-refractivity contribution in [2.75, 3.05) is 29.7 Å². The maximum Gasteiger partial charge on any atom is 0.238 e. The van der Waals surface area contributed by atoms with Gasteiger partial charge >= 0.3 is 0 Å². The SMILES string of the molecule is Cc1ccc(N2CCNCCS2(=O)=O)o1. The summed E-state index contributed by atoms with van der Waals surface area (Å²) >= 11 is 0. The lowest BCUT2D eigenvalue weighted by atomic mass is 10.5.